The molecule has 2 rings (SSSR count). The Morgan fingerprint density at radius 1 is 1.36 bits per heavy atom. The smallest absolute Gasteiger partial charge is 0.259 e. The number of nitrogens with zero attached hydrogens (tertiary/aromatic N) is 1. The maximum absolute atomic E-state index is 13.3. The molecule has 1 aromatic heterocycles. The Morgan fingerprint density at radius 3 is 2.92 bits per heavy atom. The van der Waals surface area contributed by atoms with Gasteiger partial charge in [0.25, 0.3) is 5.91 Å². The number of nitrogens with two attached hydrogens (primary N) is 1. The summed E-state index contributed by atoms with van der Waals surface area (Å²) in [5.41, 5.74) is 6.56. The van der Waals surface area contributed by atoms with Gasteiger partial charge in [-0.15, -0.1) is 5.92 Å². The lowest BCUT2D eigenvalue weighted by Crippen LogP contribution is -2.16. The topological polar surface area (TPSA) is 77.2 Å². The zero-order valence-electron chi connectivity index (χ0n) is 14.2. The van der Waals surface area contributed by atoms with Crippen LogP contribution in [0.4, 0.5) is 15.9 Å². The molecule has 0 saturated carbocycles. The molecule has 0 spiro atoms. The number of aryl methyl sites for hydroxylation is 1. The zero-order valence-corrected chi connectivity index (χ0v) is 14.2. The molecule has 0 atom stereocenters. The number of carbonyl (C=O) groups excluding carboxylic acids is 1. The van der Waals surface area contributed by atoms with Crippen molar-refractivity contribution in [3.8, 4) is 17.6 Å². The van der Waals surface area contributed by atoms with E-state index in [0.717, 1.165) is 6.42 Å². The molecule has 0 bridgehead atoms. The molecule has 5 nitrogen and oxygen atoms in total. The number of benzene rings is 1. The molecular weight excluding hydrogens is 321 g/mol. The average molecular weight is 341 g/mol. The van der Waals surface area contributed by atoms with Crippen molar-refractivity contribution in [1.29, 1.82) is 0 Å². The highest BCUT2D eigenvalue weighted by Gasteiger charge is 2.14. The van der Waals surface area contributed by atoms with Crippen molar-refractivity contribution in [2.24, 2.45) is 0 Å². The maximum Gasteiger partial charge on any atom is 0.259 e. The number of nitrogens with one attached hydrogen (secondary N) is 1. The van der Waals surface area contributed by atoms with Crippen molar-refractivity contribution >= 4 is 17.4 Å². The predicted octanol–water partition coefficient (Wildman–Crippen LogP) is 3.55. The first-order chi connectivity index (χ1) is 12.0. The number of hydrogen-bond donors (Lipinski definition) is 2. The van der Waals surface area contributed by atoms with Gasteiger partial charge in [0.1, 0.15) is 11.6 Å². The maximum atomic E-state index is 13.3. The number of rotatable bonds is 5. The third-order valence-electron chi connectivity index (χ3n) is 3.31. The first-order valence-electron chi connectivity index (χ1n) is 7.93. The van der Waals surface area contributed by atoms with Crippen molar-refractivity contribution in [2.75, 3.05) is 17.7 Å². The highest BCUT2D eigenvalue weighted by Crippen LogP contribution is 2.20. The first-order valence-corrected chi connectivity index (χ1v) is 7.93. The van der Waals surface area contributed by atoms with Crippen LogP contribution < -0.4 is 15.8 Å². The molecule has 130 valence electrons. The van der Waals surface area contributed by atoms with Gasteiger partial charge in [-0.25, -0.2) is 4.98 Å². The molecule has 1 heterocycles. The molecule has 2 aromatic rings. The van der Waals surface area contributed by atoms with Crippen LogP contribution in [0.2, 0.25) is 0 Å². The van der Waals surface area contributed by atoms with Crippen LogP contribution >= 0.6 is 0 Å². The Labute approximate surface area is 146 Å². The second-order valence-corrected chi connectivity index (χ2v) is 5.32. The van der Waals surface area contributed by atoms with Gasteiger partial charge >= 0.3 is 0 Å². The average Bonchev–Trinajstić information content (AvgIpc) is 2.58. The van der Waals surface area contributed by atoms with Crippen molar-refractivity contribution in [1.82, 2.24) is 4.98 Å². The molecule has 1 amide bonds. The van der Waals surface area contributed by atoms with E-state index in [1.165, 1.54) is 13.0 Å². The Balaban J connectivity index is 2.04. The Hall–Kier alpha value is -3.07. The fraction of sp³-hybridized carbons (Fsp3) is 0.263. The minimum absolute atomic E-state index is 0.125. The quantitative estimate of drug-likeness (QED) is 0.495. The van der Waals surface area contributed by atoms with E-state index in [-0.39, 0.29) is 16.9 Å². The van der Waals surface area contributed by atoms with Crippen LogP contribution in [0.15, 0.2) is 30.3 Å². The largest absolute Gasteiger partial charge is 0.493 e. The molecule has 0 aliphatic carbocycles. The SMILES string of the molecule is CCC#CCCOc1cccc(NC(=O)c2cc(C)c(F)nc2N)c1. The fourth-order valence-corrected chi connectivity index (χ4v) is 2.08. The summed E-state index contributed by atoms with van der Waals surface area (Å²) in [4.78, 5) is 15.9. The number of halogens is 1. The van der Waals surface area contributed by atoms with E-state index in [9.17, 15) is 9.18 Å². The number of nitrogen functional groups attached to an aromatic ring is 1. The highest BCUT2D eigenvalue weighted by molar-refractivity contribution is 6.07. The van der Waals surface area contributed by atoms with Crippen LogP contribution in [0.5, 0.6) is 5.75 Å². The van der Waals surface area contributed by atoms with E-state index in [4.69, 9.17) is 10.5 Å². The lowest BCUT2D eigenvalue weighted by Gasteiger charge is -2.10. The van der Waals surface area contributed by atoms with Crippen LogP contribution in [0.25, 0.3) is 0 Å². The molecule has 0 radical (unpaired) electrons. The summed E-state index contributed by atoms with van der Waals surface area (Å²) >= 11 is 0. The van der Waals surface area contributed by atoms with Gasteiger partial charge in [0.05, 0.1) is 12.2 Å². The van der Waals surface area contributed by atoms with Crippen LogP contribution in [0.1, 0.15) is 35.7 Å². The number of amides is 1. The summed E-state index contributed by atoms with van der Waals surface area (Å²) in [5.74, 6) is 5.29. The van der Waals surface area contributed by atoms with Crippen LogP contribution in [0.3, 0.4) is 0 Å². The molecule has 0 aliphatic heterocycles. The Kier molecular flexibility index (Phi) is 6.35. The normalized spacial score (nSPS) is 9.88. The summed E-state index contributed by atoms with van der Waals surface area (Å²) in [6.45, 7) is 3.98. The van der Waals surface area contributed by atoms with Gasteiger partial charge in [0, 0.05) is 30.2 Å². The van der Waals surface area contributed by atoms with Crippen LogP contribution in [-0.2, 0) is 0 Å². The number of aromatic nitrogens is 1. The second kappa shape index (κ2) is 8.69. The molecule has 3 N–H and O–H groups in total. The molecule has 0 saturated heterocycles. The number of carbonyl (C=O) groups is 1. The summed E-state index contributed by atoms with van der Waals surface area (Å²) in [5, 5.41) is 2.71. The standard InChI is InChI=1S/C19H20FN3O2/c1-3-4-5-6-10-25-15-9-7-8-14(12-15)22-19(24)16-11-13(2)17(20)23-18(16)21/h7-9,11-12H,3,6,10H2,1-2H3,(H2,21,23)(H,22,24). The van der Waals surface area contributed by atoms with Gasteiger partial charge in [-0.3, -0.25) is 4.79 Å². The van der Waals surface area contributed by atoms with E-state index in [0.29, 0.717) is 24.5 Å². The monoisotopic (exact) mass is 341 g/mol. The fourth-order valence-electron chi connectivity index (χ4n) is 2.08. The van der Waals surface area contributed by atoms with Crippen molar-refractivity contribution in [3.05, 3.63) is 47.4 Å². The number of ether oxygens (including phenoxy) is 1. The predicted molar refractivity (Wildman–Crippen MR) is 95.9 cm³/mol. The van der Waals surface area contributed by atoms with Gasteiger partial charge in [0.2, 0.25) is 5.95 Å². The van der Waals surface area contributed by atoms with Crippen molar-refractivity contribution in [3.63, 3.8) is 0 Å². The summed E-state index contributed by atoms with van der Waals surface area (Å²) in [6.07, 6.45) is 1.46. The number of anilines is 2. The van der Waals surface area contributed by atoms with Gasteiger partial charge in [-0.2, -0.15) is 4.39 Å². The van der Waals surface area contributed by atoms with Crippen LogP contribution in [0, 0.1) is 24.7 Å². The molecule has 25 heavy (non-hydrogen) atoms. The van der Waals surface area contributed by atoms with E-state index in [1.54, 1.807) is 24.3 Å². The molecule has 6 heteroatoms. The van der Waals surface area contributed by atoms with E-state index in [2.05, 4.69) is 22.1 Å². The van der Waals surface area contributed by atoms with Crippen LogP contribution in [-0.4, -0.2) is 17.5 Å². The molecular formula is C19H20FN3O2. The van der Waals surface area contributed by atoms with Gasteiger partial charge in [-0.05, 0) is 25.1 Å². The van der Waals surface area contributed by atoms with E-state index < -0.39 is 11.9 Å². The lowest BCUT2D eigenvalue weighted by molar-refractivity contribution is 0.102. The first kappa shape index (κ1) is 18.3. The minimum Gasteiger partial charge on any atom is -0.493 e. The highest BCUT2D eigenvalue weighted by atomic mass is 19.1. The Morgan fingerprint density at radius 2 is 2.16 bits per heavy atom. The summed E-state index contributed by atoms with van der Waals surface area (Å²) in [6, 6.07) is 8.35. The second-order valence-electron chi connectivity index (χ2n) is 5.32. The van der Waals surface area contributed by atoms with Crippen molar-refractivity contribution < 1.29 is 13.9 Å². The number of hydrogen-bond acceptors (Lipinski definition) is 4. The minimum atomic E-state index is -0.685. The lowest BCUT2D eigenvalue weighted by atomic mass is 10.1. The third-order valence-corrected chi connectivity index (χ3v) is 3.31. The van der Waals surface area contributed by atoms with Crippen molar-refractivity contribution in [2.45, 2.75) is 26.7 Å². The Bertz CT molecular complexity index is 825. The van der Waals surface area contributed by atoms with E-state index >= 15 is 0 Å². The van der Waals surface area contributed by atoms with Gasteiger partial charge in [-0.1, -0.05) is 18.9 Å². The number of pyridine rings is 1. The van der Waals surface area contributed by atoms with Gasteiger partial charge < -0.3 is 15.8 Å². The third kappa shape index (κ3) is 5.21. The molecule has 0 aliphatic rings. The van der Waals surface area contributed by atoms with E-state index in [1.807, 2.05) is 6.92 Å². The molecule has 0 unspecified atom stereocenters. The zero-order chi connectivity index (χ0) is 18.2. The molecule has 1 aromatic carbocycles. The summed E-state index contributed by atoms with van der Waals surface area (Å²) < 4.78 is 18.9. The van der Waals surface area contributed by atoms with Gasteiger partial charge in [0.15, 0.2) is 0 Å². The summed E-state index contributed by atoms with van der Waals surface area (Å²) in [7, 11) is 0. The molecule has 0 fully saturated rings.